The van der Waals surface area contributed by atoms with Crippen molar-refractivity contribution in [3.8, 4) is 0 Å². The second kappa shape index (κ2) is 7.77. The third-order valence-corrected chi connectivity index (χ3v) is 4.79. The first-order valence-electron chi connectivity index (χ1n) is 8.57. The van der Waals surface area contributed by atoms with E-state index >= 15 is 0 Å². The molecule has 2 aliphatic rings. The monoisotopic (exact) mass is 331 g/mol. The molecule has 0 aliphatic carbocycles. The second-order valence-electron chi connectivity index (χ2n) is 6.38. The van der Waals surface area contributed by atoms with Gasteiger partial charge in [0.2, 0.25) is 11.8 Å². The lowest BCUT2D eigenvalue weighted by Crippen LogP contribution is -2.53. The van der Waals surface area contributed by atoms with E-state index in [1.807, 2.05) is 24.3 Å². The molecule has 0 aromatic heterocycles. The van der Waals surface area contributed by atoms with Crippen molar-refractivity contribution in [2.24, 2.45) is 0 Å². The first-order chi connectivity index (χ1) is 11.6. The number of fused-ring (bicyclic) bond motifs is 1. The average molecular weight is 331 g/mol. The Balaban J connectivity index is 1.58. The Kier molecular flexibility index (Phi) is 5.48. The highest BCUT2D eigenvalue weighted by atomic mass is 16.5. The third-order valence-electron chi connectivity index (χ3n) is 4.79. The average Bonchev–Trinajstić information content (AvgIpc) is 2.61. The van der Waals surface area contributed by atoms with E-state index in [-0.39, 0.29) is 11.8 Å². The van der Waals surface area contributed by atoms with E-state index in [2.05, 4.69) is 10.2 Å². The van der Waals surface area contributed by atoms with Gasteiger partial charge in [-0.15, -0.1) is 0 Å². The summed E-state index contributed by atoms with van der Waals surface area (Å²) in [5.74, 6) is -0.120. The first kappa shape index (κ1) is 16.9. The van der Waals surface area contributed by atoms with E-state index in [0.29, 0.717) is 19.5 Å². The molecule has 1 atom stereocenters. The summed E-state index contributed by atoms with van der Waals surface area (Å²) in [5.41, 5.74) is 2.29. The summed E-state index contributed by atoms with van der Waals surface area (Å²) in [4.78, 5) is 28.5. The van der Waals surface area contributed by atoms with Crippen molar-refractivity contribution in [2.45, 2.75) is 25.9 Å². The van der Waals surface area contributed by atoms with Gasteiger partial charge in [-0.1, -0.05) is 24.3 Å². The Morgan fingerprint density at radius 1 is 1.21 bits per heavy atom. The number of hydrogen-bond donors (Lipinski definition) is 1. The molecule has 24 heavy (non-hydrogen) atoms. The summed E-state index contributed by atoms with van der Waals surface area (Å²) in [6.45, 7) is 6.78. The quantitative estimate of drug-likeness (QED) is 0.868. The van der Waals surface area contributed by atoms with Gasteiger partial charge in [0.05, 0.1) is 13.2 Å². The number of hydrogen-bond acceptors (Lipinski definition) is 4. The molecule has 6 heteroatoms. The normalized spacial score (nSPS) is 21.2. The summed E-state index contributed by atoms with van der Waals surface area (Å²) >= 11 is 0. The molecule has 0 unspecified atom stereocenters. The maximum atomic E-state index is 12.6. The minimum atomic E-state index is -0.415. The molecule has 0 bridgehead atoms. The number of carbonyl (C=O) groups excluding carboxylic acids is 2. The number of amides is 2. The van der Waals surface area contributed by atoms with Gasteiger partial charge in [-0.2, -0.15) is 0 Å². The van der Waals surface area contributed by atoms with Crippen LogP contribution < -0.4 is 5.32 Å². The van der Waals surface area contributed by atoms with Crippen LogP contribution in [0, 0.1) is 0 Å². The van der Waals surface area contributed by atoms with Gasteiger partial charge < -0.3 is 15.0 Å². The second-order valence-corrected chi connectivity index (χ2v) is 6.38. The number of ether oxygens (including phenoxy) is 1. The molecule has 3 rings (SSSR count). The molecule has 0 radical (unpaired) electrons. The van der Waals surface area contributed by atoms with E-state index < -0.39 is 6.04 Å². The highest BCUT2D eigenvalue weighted by Gasteiger charge is 2.32. The molecule has 1 aromatic rings. The lowest BCUT2D eigenvalue weighted by molar-refractivity contribution is -0.140. The molecule has 1 fully saturated rings. The predicted octanol–water partition coefficient (Wildman–Crippen LogP) is 0.408. The highest BCUT2D eigenvalue weighted by molar-refractivity contribution is 5.87. The topological polar surface area (TPSA) is 61.9 Å². The van der Waals surface area contributed by atoms with Crippen LogP contribution in [0.3, 0.4) is 0 Å². The van der Waals surface area contributed by atoms with Gasteiger partial charge in [-0.3, -0.25) is 14.5 Å². The number of benzene rings is 1. The molecule has 2 heterocycles. The molecule has 2 aliphatic heterocycles. The van der Waals surface area contributed by atoms with Gasteiger partial charge >= 0.3 is 0 Å². The third kappa shape index (κ3) is 3.94. The minimum absolute atomic E-state index is 0.0576. The van der Waals surface area contributed by atoms with Gasteiger partial charge in [0, 0.05) is 46.1 Å². The summed E-state index contributed by atoms with van der Waals surface area (Å²) in [5, 5.41) is 3.00. The van der Waals surface area contributed by atoms with Crippen molar-refractivity contribution in [1.29, 1.82) is 0 Å². The van der Waals surface area contributed by atoms with Crippen LogP contribution in [0.4, 0.5) is 0 Å². The van der Waals surface area contributed by atoms with Crippen LogP contribution in [-0.2, 0) is 27.3 Å². The summed E-state index contributed by atoms with van der Waals surface area (Å²) < 4.78 is 5.32. The lowest BCUT2D eigenvalue weighted by Gasteiger charge is -2.35. The maximum Gasteiger partial charge on any atom is 0.243 e. The minimum Gasteiger partial charge on any atom is -0.379 e. The maximum absolute atomic E-state index is 12.6. The Labute approximate surface area is 142 Å². The zero-order valence-corrected chi connectivity index (χ0v) is 14.2. The summed E-state index contributed by atoms with van der Waals surface area (Å²) in [7, 11) is 0. The fourth-order valence-electron chi connectivity index (χ4n) is 3.37. The number of morpholine rings is 1. The Morgan fingerprint density at radius 2 is 1.92 bits per heavy atom. The van der Waals surface area contributed by atoms with Crippen molar-refractivity contribution < 1.29 is 14.3 Å². The van der Waals surface area contributed by atoms with Gasteiger partial charge in [-0.05, 0) is 11.1 Å². The van der Waals surface area contributed by atoms with E-state index in [1.54, 1.807) is 4.90 Å². The van der Waals surface area contributed by atoms with Crippen molar-refractivity contribution in [3.05, 3.63) is 35.4 Å². The Bertz CT molecular complexity index is 599. The van der Waals surface area contributed by atoms with Crippen LogP contribution in [0.5, 0.6) is 0 Å². The number of rotatable bonds is 4. The summed E-state index contributed by atoms with van der Waals surface area (Å²) in [6, 6.07) is 7.61. The van der Waals surface area contributed by atoms with Crippen molar-refractivity contribution in [2.75, 3.05) is 39.4 Å². The van der Waals surface area contributed by atoms with E-state index in [9.17, 15) is 9.59 Å². The Morgan fingerprint density at radius 3 is 2.62 bits per heavy atom. The van der Waals surface area contributed by atoms with Crippen LogP contribution in [0.1, 0.15) is 18.1 Å². The van der Waals surface area contributed by atoms with Crippen molar-refractivity contribution >= 4 is 11.8 Å². The van der Waals surface area contributed by atoms with Crippen molar-refractivity contribution in [3.63, 3.8) is 0 Å². The summed E-state index contributed by atoms with van der Waals surface area (Å²) in [6.07, 6.45) is 0.582. The van der Waals surface area contributed by atoms with E-state index in [1.165, 1.54) is 6.92 Å². The zero-order valence-electron chi connectivity index (χ0n) is 14.2. The predicted molar refractivity (Wildman–Crippen MR) is 90.4 cm³/mol. The number of nitrogens with one attached hydrogen (secondary N) is 1. The SMILES string of the molecule is CC(=O)N1Cc2ccccc2C[C@H]1C(=O)NCCN1CCOCC1. The molecular formula is C18H25N3O3. The fraction of sp³-hybridized carbons (Fsp3) is 0.556. The molecule has 1 saturated heterocycles. The molecular weight excluding hydrogens is 306 g/mol. The standard InChI is InChI=1S/C18H25N3O3/c1-14(22)21-13-16-5-3-2-4-15(16)12-17(21)18(23)19-6-7-20-8-10-24-11-9-20/h2-5,17H,6-13H2,1H3,(H,19,23)/t17-/m0/s1. The largest absolute Gasteiger partial charge is 0.379 e. The molecule has 1 N–H and O–H groups in total. The van der Waals surface area contributed by atoms with Gasteiger partial charge in [-0.25, -0.2) is 0 Å². The molecule has 1 aromatic carbocycles. The number of carbonyl (C=O) groups is 2. The number of nitrogens with zero attached hydrogens (tertiary/aromatic N) is 2. The van der Waals surface area contributed by atoms with Crippen LogP contribution in [0.2, 0.25) is 0 Å². The van der Waals surface area contributed by atoms with Gasteiger partial charge in [0.1, 0.15) is 6.04 Å². The van der Waals surface area contributed by atoms with E-state index in [0.717, 1.165) is 44.0 Å². The van der Waals surface area contributed by atoms with E-state index in [4.69, 9.17) is 4.74 Å². The van der Waals surface area contributed by atoms with Crippen LogP contribution >= 0.6 is 0 Å². The Hall–Kier alpha value is -1.92. The van der Waals surface area contributed by atoms with Gasteiger partial charge in [0.25, 0.3) is 0 Å². The van der Waals surface area contributed by atoms with Crippen LogP contribution in [0.25, 0.3) is 0 Å². The highest BCUT2D eigenvalue weighted by Crippen LogP contribution is 2.23. The van der Waals surface area contributed by atoms with Crippen LogP contribution in [0.15, 0.2) is 24.3 Å². The zero-order chi connectivity index (χ0) is 16.9. The van der Waals surface area contributed by atoms with Gasteiger partial charge in [0.15, 0.2) is 0 Å². The molecule has 130 valence electrons. The first-order valence-corrected chi connectivity index (χ1v) is 8.57. The van der Waals surface area contributed by atoms with Crippen molar-refractivity contribution in [1.82, 2.24) is 15.1 Å². The lowest BCUT2D eigenvalue weighted by atomic mass is 9.93. The smallest absolute Gasteiger partial charge is 0.243 e. The fourth-order valence-corrected chi connectivity index (χ4v) is 3.37. The molecule has 2 amide bonds. The molecule has 0 saturated carbocycles. The molecule has 6 nitrogen and oxygen atoms in total. The van der Waals surface area contributed by atoms with Crippen LogP contribution in [-0.4, -0.2) is 67.0 Å². The molecule has 0 spiro atoms.